The fourth-order valence-corrected chi connectivity index (χ4v) is 7.67. The molecule has 0 aliphatic carbocycles. The fraction of sp³-hybridized carbons (Fsp3) is 0.700. The maximum absolute atomic E-state index is 13.0. The minimum atomic E-state index is -3.27. The number of sulfonamides is 1. The molecule has 4 aliphatic heterocycles. The molecule has 28 heavy (non-hydrogen) atoms. The minimum Gasteiger partial charge on any atom is -0.454 e. The van der Waals surface area contributed by atoms with Crippen LogP contribution in [0.2, 0.25) is 0 Å². The third-order valence-electron chi connectivity index (χ3n) is 6.80. The first-order valence-corrected chi connectivity index (χ1v) is 12.4. The lowest BCUT2D eigenvalue weighted by Gasteiger charge is -2.51. The van der Waals surface area contributed by atoms with Gasteiger partial charge in [-0.2, -0.15) is 4.31 Å². The molecule has 4 heterocycles. The van der Waals surface area contributed by atoms with E-state index in [9.17, 15) is 8.42 Å². The second kappa shape index (κ2) is 7.35. The van der Waals surface area contributed by atoms with Crippen molar-refractivity contribution in [2.75, 3.05) is 38.1 Å². The van der Waals surface area contributed by atoms with E-state index in [1.165, 1.54) is 11.1 Å². The first-order chi connectivity index (χ1) is 13.6. The molecule has 0 aromatic heterocycles. The van der Waals surface area contributed by atoms with Gasteiger partial charge < -0.3 is 9.47 Å². The molecule has 8 heteroatoms. The van der Waals surface area contributed by atoms with Gasteiger partial charge in [-0.25, -0.2) is 8.42 Å². The highest BCUT2D eigenvalue weighted by Crippen LogP contribution is 2.50. The standard InChI is InChI=1S/C20H27ClN2O4S/c21-7-2-10-28(24,25)23-8-1-3-15-12-22-9-6-14-4-5-18-20(27-13-26-18)19(14)17(22)11-16(15)23/h4-5,15-17H,1-3,6-13H2/t15-,16+,17-/m0/s1. The average molecular weight is 427 g/mol. The van der Waals surface area contributed by atoms with Crippen molar-refractivity contribution in [3.63, 3.8) is 0 Å². The summed E-state index contributed by atoms with van der Waals surface area (Å²) >= 11 is 5.77. The number of nitrogens with zero attached hydrogens (tertiary/aromatic N) is 2. The van der Waals surface area contributed by atoms with Crippen LogP contribution in [-0.2, 0) is 16.4 Å². The van der Waals surface area contributed by atoms with E-state index in [0.717, 1.165) is 50.3 Å². The lowest BCUT2D eigenvalue weighted by atomic mass is 9.77. The molecule has 0 N–H and O–H groups in total. The molecule has 2 saturated heterocycles. The average Bonchev–Trinajstić information content (AvgIpc) is 3.19. The van der Waals surface area contributed by atoms with Crippen molar-refractivity contribution >= 4 is 21.6 Å². The van der Waals surface area contributed by atoms with Crippen molar-refractivity contribution in [3.05, 3.63) is 23.3 Å². The molecule has 0 saturated carbocycles. The van der Waals surface area contributed by atoms with Gasteiger partial charge in [-0.05, 0) is 49.7 Å². The van der Waals surface area contributed by atoms with Gasteiger partial charge in [0.2, 0.25) is 16.8 Å². The van der Waals surface area contributed by atoms with Gasteiger partial charge >= 0.3 is 0 Å². The number of ether oxygens (including phenoxy) is 2. The number of fused-ring (bicyclic) bond motifs is 6. The monoisotopic (exact) mass is 426 g/mol. The Hall–Kier alpha value is -1.02. The molecule has 5 rings (SSSR count). The van der Waals surface area contributed by atoms with Crippen LogP contribution in [0.4, 0.5) is 0 Å². The third kappa shape index (κ3) is 3.11. The first-order valence-electron chi connectivity index (χ1n) is 10.3. The molecule has 1 aromatic rings. The zero-order chi connectivity index (χ0) is 19.3. The molecule has 1 aromatic carbocycles. The van der Waals surface area contributed by atoms with Crippen molar-refractivity contribution in [3.8, 4) is 11.5 Å². The Balaban J connectivity index is 1.48. The number of rotatable bonds is 4. The van der Waals surface area contributed by atoms with Crippen LogP contribution in [0, 0.1) is 5.92 Å². The smallest absolute Gasteiger partial charge is 0.231 e. The van der Waals surface area contributed by atoms with Crippen LogP contribution in [0.15, 0.2) is 12.1 Å². The topological polar surface area (TPSA) is 59.1 Å². The van der Waals surface area contributed by atoms with E-state index in [4.69, 9.17) is 21.1 Å². The van der Waals surface area contributed by atoms with Crippen molar-refractivity contribution in [2.24, 2.45) is 5.92 Å². The molecule has 154 valence electrons. The van der Waals surface area contributed by atoms with Gasteiger partial charge in [-0.3, -0.25) is 4.90 Å². The second-order valence-electron chi connectivity index (χ2n) is 8.31. The molecule has 6 nitrogen and oxygen atoms in total. The number of hydrogen-bond acceptors (Lipinski definition) is 5. The van der Waals surface area contributed by atoms with Crippen LogP contribution >= 0.6 is 11.6 Å². The van der Waals surface area contributed by atoms with E-state index >= 15 is 0 Å². The van der Waals surface area contributed by atoms with Crippen LogP contribution in [-0.4, -0.2) is 61.7 Å². The highest BCUT2D eigenvalue weighted by molar-refractivity contribution is 7.89. The number of benzene rings is 1. The number of halogens is 1. The Labute approximate surface area is 171 Å². The number of alkyl halides is 1. The highest BCUT2D eigenvalue weighted by Gasteiger charge is 2.47. The molecule has 0 unspecified atom stereocenters. The summed E-state index contributed by atoms with van der Waals surface area (Å²) in [4.78, 5) is 2.54. The van der Waals surface area contributed by atoms with Gasteiger partial charge in [-0.15, -0.1) is 11.6 Å². The molecule has 2 fully saturated rings. The number of hydrogen-bond donors (Lipinski definition) is 0. The largest absolute Gasteiger partial charge is 0.454 e. The van der Waals surface area contributed by atoms with Gasteiger partial charge in [0, 0.05) is 43.2 Å². The van der Waals surface area contributed by atoms with Crippen LogP contribution < -0.4 is 9.47 Å². The van der Waals surface area contributed by atoms with E-state index in [1.54, 1.807) is 4.31 Å². The van der Waals surface area contributed by atoms with E-state index in [0.29, 0.717) is 24.8 Å². The lowest BCUT2D eigenvalue weighted by molar-refractivity contribution is 0.0209. The van der Waals surface area contributed by atoms with Crippen LogP contribution in [0.1, 0.15) is 42.9 Å². The predicted molar refractivity (Wildman–Crippen MR) is 108 cm³/mol. The SMILES string of the molecule is O=S(=O)(CCCCl)N1CCC[C@H]2CN3CCc4ccc5c(c4[C@@H]3C[C@H]21)OCO5. The van der Waals surface area contributed by atoms with Gasteiger partial charge in [0.05, 0.1) is 5.75 Å². The summed E-state index contributed by atoms with van der Waals surface area (Å²) in [6.07, 6.45) is 4.40. The summed E-state index contributed by atoms with van der Waals surface area (Å²) in [6, 6.07) is 4.43. The summed E-state index contributed by atoms with van der Waals surface area (Å²) in [5.41, 5.74) is 2.54. The van der Waals surface area contributed by atoms with E-state index < -0.39 is 10.0 Å². The van der Waals surface area contributed by atoms with Crippen LogP contribution in [0.25, 0.3) is 0 Å². The molecule has 0 bridgehead atoms. The normalized spacial score (nSPS) is 29.8. The highest BCUT2D eigenvalue weighted by atomic mass is 35.5. The maximum Gasteiger partial charge on any atom is 0.231 e. The van der Waals surface area contributed by atoms with Crippen LogP contribution in [0.3, 0.4) is 0 Å². The maximum atomic E-state index is 13.0. The molecule has 0 radical (unpaired) electrons. The Morgan fingerprint density at radius 1 is 1.21 bits per heavy atom. The Bertz CT molecular complexity index is 862. The molecule has 4 aliphatic rings. The van der Waals surface area contributed by atoms with Crippen LogP contribution in [0.5, 0.6) is 11.5 Å². The zero-order valence-corrected chi connectivity index (χ0v) is 17.6. The van der Waals surface area contributed by atoms with Crippen molar-refractivity contribution < 1.29 is 17.9 Å². The number of piperidine rings is 2. The summed E-state index contributed by atoms with van der Waals surface area (Å²) in [5.74, 6) is 2.63. The van der Waals surface area contributed by atoms with Gasteiger partial charge in [-0.1, -0.05) is 6.07 Å². The molecule has 0 spiro atoms. The zero-order valence-electron chi connectivity index (χ0n) is 16.0. The Morgan fingerprint density at radius 2 is 2.11 bits per heavy atom. The van der Waals surface area contributed by atoms with Gasteiger partial charge in [0.15, 0.2) is 11.5 Å². The Morgan fingerprint density at radius 3 is 2.96 bits per heavy atom. The third-order valence-corrected chi connectivity index (χ3v) is 9.04. The van der Waals surface area contributed by atoms with Crippen molar-refractivity contribution in [2.45, 2.75) is 44.2 Å². The molecule has 3 atom stereocenters. The fourth-order valence-electron chi connectivity index (χ4n) is 5.56. The van der Waals surface area contributed by atoms with Gasteiger partial charge in [0.25, 0.3) is 0 Å². The molecular weight excluding hydrogens is 400 g/mol. The van der Waals surface area contributed by atoms with Crippen molar-refractivity contribution in [1.29, 1.82) is 0 Å². The predicted octanol–water partition coefficient (Wildman–Crippen LogP) is 2.76. The summed E-state index contributed by atoms with van der Waals surface area (Å²) in [5, 5.41) is 0. The lowest BCUT2D eigenvalue weighted by Crippen LogP contribution is -2.57. The summed E-state index contributed by atoms with van der Waals surface area (Å²) in [6.45, 7) is 2.89. The quantitative estimate of drug-likeness (QED) is 0.693. The van der Waals surface area contributed by atoms with Crippen molar-refractivity contribution in [1.82, 2.24) is 9.21 Å². The summed E-state index contributed by atoms with van der Waals surface area (Å²) < 4.78 is 39.3. The molecule has 0 amide bonds. The minimum absolute atomic E-state index is 0.0689. The second-order valence-corrected chi connectivity index (χ2v) is 10.7. The van der Waals surface area contributed by atoms with Gasteiger partial charge in [0.1, 0.15) is 0 Å². The summed E-state index contributed by atoms with van der Waals surface area (Å²) in [7, 11) is -3.27. The van der Waals surface area contributed by atoms with E-state index in [-0.39, 0.29) is 24.6 Å². The molecular formula is C20H27ClN2O4S. The van der Waals surface area contributed by atoms with E-state index in [1.807, 2.05) is 6.07 Å². The Kier molecular flexibility index (Phi) is 4.98. The first kappa shape index (κ1) is 19.0. The van der Waals surface area contributed by atoms with E-state index in [2.05, 4.69) is 11.0 Å².